The van der Waals surface area contributed by atoms with E-state index in [-0.39, 0.29) is 17.5 Å². The van der Waals surface area contributed by atoms with Crippen molar-refractivity contribution in [2.24, 2.45) is 0 Å². The summed E-state index contributed by atoms with van der Waals surface area (Å²) in [7, 11) is 0. The Bertz CT molecular complexity index is 1290. The van der Waals surface area contributed by atoms with Crippen LogP contribution in [-0.2, 0) is 21.6 Å². The number of anilines is 1. The second-order valence-electron chi connectivity index (χ2n) is 10.8. The van der Waals surface area contributed by atoms with Crippen LogP contribution in [0.3, 0.4) is 0 Å². The van der Waals surface area contributed by atoms with E-state index in [1.807, 2.05) is 45.0 Å². The zero-order valence-corrected chi connectivity index (χ0v) is 24.2. The number of rotatable bonds is 9. The number of nitrogens with zero attached hydrogens (tertiary/aromatic N) is 3. The third kappa shape index (κ3) is 6.41. The Morgan fingerprint density at radius 2 is 1.79 bits per heavy atom. The molecule has 0 radical (unpaired) electrons. The quantitative estimate of drug-likeness (QED) is 0.236. The molecule has 0 amide bonds. The van der Waals surface area contributed by atoms with Gasteiger partial charge in [-0.05, 0) is 61.4 Å². The summed E-state index contributed by atoms with van der Waals surface area (Å²) < 4.78 is 13.5. The molecule has 1 unspecified atom stereocenters. The maximum absolute atomic E-state index is 13.2. The lowest BCUT2D eigenvalue weighted by Crippen LogP contribution is -2.30. The zero-order valence-electron chi connectivity index (χ0n) is 23.4. The molecule has 8 heteroatoms. The number of benzene rings is 2. The van der Waals surface area contributed by atoms with Gasteiger partial charge in [-0.25, -0.2) is 9.48 Å². The summed E-state index contributed by atoms with van der Waals surface area (Å²) >= 11 is 1.60. The molecule has 0 saturated heterocycles. The topological polar surface area (TPSA) is 78.3 Å². The molecule has 38 heavy (non-hydrogen) atoms. The number of nitrogens with one attached hydrogen (secondary N) is 1. The minimum Gasteiger partial charge on any atom is -0.489 e. The SMILES string of the molecule is CCCSc1nc2n(n1)C(c1ccc(OCc3ccc(C(C)(C)C)cc3)cc1)C(C(=O)OC(C)C)=C(C)N2. The third-order valence-electron chi connectivity index (χ3n) is 6.25. The maximum atomic E-state index is 13.2. The average Bonchev–Trinajstić information content (AvgIpc) is 3.27. The Hall–Kier alpha value is -3.26. The standard InChI is InChI=1S/C30H38N4O3S/c1-8-17-38-29-32-28-31-20(4)25(27(35)37-19(2)3)26(34(28)33-29)22-11-15-24(16-12-22)36-18-21-9-13-23(14-10-21)30(5,6)7/h9-16,19,26H,8,17-18H2,1-7H3,(H,31,32,33). The first-order chi connectivity index (χ1) is 18.1. The van der Waals surface area contributed by atoms with Crippen LogP contribution < -0.4 is 10.1 Å². The van der Waals surface area contributed by atoms with Crippen LogP contribution in [0.5, 0.6) is 5.75 Å². The van der Waals surface area contributed by atoms with Crippen molar-refractivity contribution in [3.8, 4) is 5.75 Å². The first-order valence-electron chi connectivity index (χ1n) is 13.2. The molecule has 0 spiro atoms. The fraction of sp³-hybridized carbons (Fsp3) is 0.433. The van der Waals surface area contributed by atoms with Crippen molar-refractivity contribution in [1.82, 2.24) is 14.8 Å². The molecule has 4 rings (SSSR count). The van der Waals surface area contributed by atoms with Crippen molar-refractivity contribution in [3.05, 3.63) is 76.5 Å². The van der Waals surface area contributed by atoms with E-state index in [4.69, 9.17) is 14.6 Å². The predicted octanol–water partition coefficient (Wildman–Crippen LogP) is 6.90. The number of carbonyl (C=O) groups excluding carboxylic acids is 1. The fourth-order valence-corrected chi connectivity index (χ4v) is 4.93. The summed E-state index contributed by atoms with van der Waals surface area (Å²) in [5.74, 6) is 1.94. The van der Waals surface area contributed by atoms with Gasteiger partial charge in [-0.3, -0.25) is 0 Å². The summed E-state index contributed by atoms with van der Waals surface area (Å²) in [4.78, 5) is 17.9. The summed E-state index contributed by atoms with van der Waals surface area (Å²) in [6.07, 6.45) is 0.793. The second kappa shape index (κ2) is 11.6. The van der Waals surface area contributed by atoms with Gasteiger partial charge in [-0.2, -0.15) is 4.98 Å². The second-order valence-corrected chi connectivity index (χ2v) is 11.9. The maximum Gasteiger partial charge on any atom is 0.338 e. The van der Waals surface area contributed by atoms with E-state index < -0.39 is 6.04 Å². The Labute approximate surface area is 230 Å². The van der Waals surface area contributed by atoms with Gasteiger partial charge in [-0.1, -0.05) is 75.9 Å². The molecule has 0 bridgehead atoms. The van der Waals surface area contributed by atoms with Crippen LogP contribution in [-0.4, -0.2) is 32.6 Å². The number of esters is 1. The molecule has 0 saturated carbocycles. The van der Waals surface area contributed by atoms with Crippen molar-refractivity contribution < 1.29 is 14.3 Å². The van der Waals surface area contributed by atoms with Crippen LogP contribution in [0, 0.1) is 0 Å². The number of hydrogen-bond acceptors (Lipinski definition) is 7. The van der Waals surface area contributed by atoms with E-state index in [9.17, 15) is 4.79 Å². The summed E-state index contributed by atoms with van der Waals surface area (Å²) in [6.45, 7) is 14.8. The molecule has 1 N–H and O–H groups in total. The highest BCUT2D eigenvalue weighted by atomic mass is 32.2. The van der Waals surface area contributed by atoms with E-state index >= 15 is 0 Å². The Morgan fingerprint density at radius 1 is 1.11 bits per heavy atom. The molecular weight excluding hydrogens is 496 g/mol. The summed E-state index contributed by atoms with van der Waals surface area (Å²) in [5.41, 5.74) is 4.67. The number of aromatic nitrogens is 3. The predicted molar refractivity (Wildman–Crippen MR) is 153 cm³/mol. The van der Waals surface area contributed by atoms with Crippen molar-refractivity contribution in [3.63, 3.8) is 0 Å². The molecule has 202 valence electrons. The first kappa shape index (κ1) is 27.8. The molecular formula is C30H38N4O3S. The van der Waals surface area contributed by atoms with Crippen LogP contribution >= 0.6 is 11.8 Å². The average molecular weight is 535 g/mol. The fourth-order valence-electron chi connectivity index (χ4n) is 4.25. The van der Waals surface area contributed by atoms with Crippen molar-refractivity contribution in [2.75, 3.05) is 11.1 Å². The van der Waals surface area contributed by atoms with Crippen molar-refractivity contribution in [1.29, 1.82) is 0 Å². The van der Waals surface area contributed by atoms with E-state index in [1.54, 1.807) is 16.4 Å². The molecule has 1 aromatic heterocycles. The molecule has 1 aliphatic rings. The van der Waals surface area contributed by atoms with Crippen molar-refractivity contribution in [2.45, 2.75) is 84.2 Å². The number of ether oxygens (including phenoxy) is 2. The monoisotopic (exact) mass is 534 g/mol. The number of hydrogen-bond donors (Lipinski definition) is 1. The Morgan fingerprint density at radius 3 is 2.39 bits per heavy atom. The van der Waals surface area contributed by atoms with Gasteiger partial charge in [0.05, 0.1) is 11.7 Å². The molecule has 0 fully saturated rings. The zero-order chi connectivity index (χ0) is 27.4. The first-order valence-corrected chi connectivity index (χ1v) is 14.2. The summed E-state index contributed by atoms with van der Waals surface area (Å²) in [6, 6.07) is 15.9. The Kier molecular flexibility index (Phi) is 8.51. The van der Waals surface area contributed by atoms with Gasteiger partial charge in [0.2, 0.25) is 11.1 Å². The Balaban J connectivity index is 1.58. The molecule has 7 nitrogen and oxygen atoms in total. The van der Waals surface area contributed by atoms with Crippen LogP contribution in [0.2, 0.25) is 0 Å². The number of allylic oxidation sites excluding steroid dienone is 1. The van der Waals surface area contributed by atoms with E-state index in [0.717, 1.165) is 29.1 Å². The van der Waals surface area contributed by atoms with Gasteiger partial charge in [0.1, 0.15) is 18.4 Å². The van der Waals surface area contributed by atoms with Gasteiger partial charge in [0.15, 0.2) is 0 Å². The molecule has 0 aliphatic carbocycles. The number of thioether (sulfide) groups is 1. The van der Waals surface area contributed by atoms with Gasteiger partial charge in [-0.15, -0.1) is 5.10 Å². The lowest BCUT2D eigenvalue weighted by molar-refractivity contribution is -0.143. The molecule has 1 atom stereocenters. The van der Waals surface area contributed by atoms with Gasteiger partial charge >= 0.3 is 5.97 Å². The highest BCUT2D eigenvalue weighted by Gasteiger charge is 2.35. The number of fused-ring (bicyclic) bond motifs is 1. The minimum atomic E-state index is -0.458. The minimum absolute atomic E-state index is 0.122. The molecule has 2 heterocycles. The van der Waals surface area contributed by atoms with Gasteiger partial charge in [0, 0.05) is 11.4 Å². The van der Waals surface area contributed by atoms with Crippen molar-refractivity contribution >= 4 is 23.7 Å². The van der Waals surface area contributed by atoms with Crippen LogP contribution in [0.1, 0.15) is 77.6 Å². The van der Waals surface area contributed by atoms with Crippen LogP contribution in [0.25, 0.3) is 0 Å². The molecule has 1 aliphatic heterocycles. The van der Waals surface area contributed by atoms with Gasteiger partial charge in [0.25, 0.3) is 0 Å². The third-order valence-corrected chi connectivity index (χ3v) is 7.30. The van der Waals surface area contributed by atoms with Crippen LogP contribution in [0.15, 0.2) is 65.0 Å². The van der Waals surface area contributed by atoms with Gasteiger partial charge < -0.3 is 14.8 Å². The highest BCUT2D eigenvalue weighted by Crippen LogP contribution is 2.37. The lowest BCUT2D eigenvalue weighted by atomic mass is 9.87. The van der Waals surface area contributed by atoms with Crippen LogP contribution in [0.4, 0.5) is 5.95 Å². The van der Waals surface area contributed by atoms with E-state index in [1.165, 1.54) is 5.56 Å². The highest BCUT2D eigenvalue weighted by molar-refractivity contribution is 7.99. The largest absolute Gasteiger partial charge is 0.489 e. The molecule has 2 aromatic carbocycles. The van der Waals surface area contributed by atoms with E-state index in [2.05, 4.69) is 62.3 Å². The smallest absolute Gasteiger partial charge is 0.338 e. The number of carbonyl (C=O) groups is 1. The molecule has 3 aromatic rings. The lowest BCUT2D eigenvalue weighted by Gasteiger charge is -2.28. The van der Waals surface area contributed by atoms with E-state index in [0.29, 0.717) is 29.0 Å². The normalized spacial score (nSPS) is 15.3. The summed E-state index contributed by atoms with van der Waals surface area (Å²) in [5, 5.41) is 8.68.